The smallest absolute Gasteiger partial charge is 0.303 e. The maximum absolute atomic E-state index is 10.6. The van der Waals surface area contributed by atoms with E-state index in [2.05, 4.69) is 5.32 Å². The standard InChI is InChI=1S/C13H13NO2/c15-13(16)7-6-10-3-1-4-11-9-14-8-2-5-12(10)11/h1-5,8-9,14H,6-7H2,(H,15,16). The van der Waals surface area contributed by atoms with Crippen LogP contribution in [0.2, 0.25) is 0 Å². The lowest BCUT2D eigenvalue weighted by atomic mass is 10.1. The van der Waals surface area contributed by atoms with Crippen molar-refractivity contribution < 1.29 is 9.90 Å². The zero-order valence-corrected chi connectivity index (χ0v) is 8.81. The van der Waals surface area contributed by atoms with Crippen molar-refractivity contribution in [2.45, 2.75) is 12.8 Å². The molecule has 0 amide bonds. The molecule has 0 aromatic heterocycles. The van der Waals surface area contributed by atoms with Gasteiger partial charge in [0.1, 0.15) is 0 Å². The van der Waals surface area contributed by atoms with Crippen LogP contribution in [-0.4, -0.2) is 11.1 Å². The second kappa shape index (κ2) is 4.66. The second-order valence-electron chi connectivity index (χ2n) is 3.65. The van der Waals surface area contributed by atoms with Crippen LogP contribution < -0.4 is 15.8 Å². The lowest BCUT2D eigenvalue weighted by Gasteiger charge is -2.00. The summed E-state index contributed by atoms with van der Waals surface area (Å²) in [6, 6.07) is 5.94. The number of carboxylic acid groups (broad SMARTS) is 1. The topological polar surface area (TPSA) is 49.3 Å². The molecule has 1 aromatic carbocycles. The van der Waals surface area contributed by atoms with Gasteiger partial charge in [0.25, 0.3) is 0 Å². The second-order valence-corrected chi connectivity index (χ2v) is 3.65. The zero-order chi connectivity index (χ0) is 11.4. The van der Waals surface area contributed by atoms with Crippen LogP contribution in [0.3, 0.4) is 0 Å². The summed E-state index contributed by atoms with van der Waals surface area (Å²) in [5.41, 5.74) is 1.07. The molecular formula is C13H13NO2. The Labute approximate surface area is 93.4 Å². The van der Waals surface area contributed by atoms with E-state index in [1.807, 2.05) is 42.8 Å². The van der Waals surface area contributed by atoms with Crippen LogP contribution in [0.25, 0.3) is 12.3 Å². The molecule has 2 N–H and O–H groups in total. The number of rotatable bonds is 3. The van der Waals surface area contributed by atoms with Gasteiger partial charge < -0.3 is 10.4 Å². The molecule has 0 radical (unpaired) electrons. The van der Waals surface area contributed by atoms with E-state index in [1.165, 1.54) is 0 Å². The number of aryl methyl sites for hydroxylation is 1. The first-order valence-corrected chi connectivity index (χ1v) is 5.20. The molecule has 0 unspecified atom stereocenters. The van der Waals surface area contributed by atoms with Crippen LogP contribution in [0.4, 0.5) is 0 Å². The first-order chi connectivity index (χ1) is 7.77. The van der Waals surface area contributed by atoms with Gasteiger partial charge in [-0.3, -0.25) is 4.79 Å². The molecule has 3 nitrogen and oxygen atoms in total. The number of benzene rings is 1. The van der Waals surface area contributed by atoms with Crippen LogP contribution in [0, 0.1) is 0 Å². The van der Waals surface area contributed by atoms with Crippen LogP contribution >= 0.6 is 0 Å². The SMILES string of the molecule is O=C(O)CCc1cccc2c1=CC=CNC=2. The highest BCUT2D eigenvalue weighted by Gasteiger charge is 2.01. The van der Waals surface area contributed by atoms with E-state index >= 15 is 0 Å². The van der Waals surface area contributed by atoms with Gasteiger partial charge in [-0.1, -0.05) is 24.3 Å². The lowest BCUT2D eigenvalue weighted by molar-refractivity contribution is -0.136. The summed E-state index contributed by atoms with van der Waals surface area (Å²) in [7, 11) is 0. The predicted molar refractivity (Wildman–Crippen MR) is 62.9 cm³/mol. The van der Waals surface area contributed by atoms with E-state index in [-0.39, 0.29) is 6.42 Å². The van der Waals surface area contributed by atoms with Crippen LogP contribution in [0.15, 0.2) is 30.5 Å². The number of fused-ring (bicyclic) bond motifs is 1. The molecule has 0 aliphatic carbocycles. The summed E-state index contributed by atoms with van der Waals surface area (Å²) in [6.45, 7) is 0. The van der Waals surface area contributed by atoms with Crippen molar-refractivity contribution in [1.29, 1.82) is 0 Å². The number of aliphatic carboxylic acids is 1. The third-order valence-electron chi connectivity index (χ3n) is 2.53. The van der Waals surface area contributed by atoms with Crippen molar-refractivity contribution in [1.82, 2.24) is 5.32 Å². The molecule has 82 valence electrons. The Hall–Kier alpha value is -2.03. The molecular weight excluding hydrogens is 202 g/mol. The molecule has 1 aliphatic heterocycles. The molecule has 16 heavy (non-hydrogen) atoms. The highest BCUT2D eigenvalue weighted by atomic mass is 16.4. The fourth-order valence-corrected chi connectivity index (χ4v) is 1.76. The molecule has 0 atom stereocenters. The fraction of sp³-hybridized carbons (Fsp3) is 0.154. The highest BCUT2D eigenvalue weighted by Crippen LogP contribution is 1.96. The van der Waals surface area contributed by atoms with Crippen molar-refractivity contribution in [3.05, 3.63) is 46.5 Å². The summed E-state index contributed by atoms with van der Waals surface area (Å²) >= 11 is 0. The maximum Gasteiger partial charge on any atom is 0.303 e. The number of allylic oxidation sites excluding steroid dienone is 1. The third kappa shape index (κ3) is 2.31. The number of hydrogen-bond donors (Lipinski definition) is 2. The molecule has 1 heterocycles. The van der Waals surface area contributed by atoms with E-state index in [0.717, 1.165) is 16.0 Å². The Balaban J connectivity index is 2.43. The first-order valence-electron chi connectivity index (χ1n) is 5.20. The Morgan fingerprint density at radius 3 is 3.06 bits per heavy atom. The minimum absolute atomic E-state index is 0.168. The van der Waals surface area contributed by atoms with E-state index in [9.17, 15) is 4.79 Å². The summed E-state index contributed by atoms with van der Waals surface area (Å²) in [4.78, 5) is 10.6. The van der Waals surface area contributed by atoms with Crippen molar-refractivity contribution in [2.75, 3.05) is 0 Å². The van der Waals surface area contributed by atoms with Gasteiger partial charge in [-0.2, -0.15) is 0 Å². The molecule has 0 spiro atoms. The maximum atomic E-state index is 10.6. The predicted octanol–water partition coefficient (Wildman–Crippen LogP) is 0.339. The number of hydrogen-bond acceptors (Lipinski definition) is 2. The van der Waals surface area contributed by atoms with E-state index in [0.29, 0.717) is 6.42 Å². The quantitative estimate of drug-likeness (QED) is 0.764. The summed E-state index contributed by atoms with van der Waals surface area (Å²) < 4.78 is 0. The highest BCUT2D eigenvalue weighted by molar-refractivity contribution is 5.67. The van der Waals surface area contributed by atoms with E-state index in [4.69, 9.17) is 5.11 Å². The van der Waals surface area contributed by atoms with Gasteiger partial charge in [-0.25, -0.2) is 0 Å². The Bertz CT molecular complexity index is 544. The van der Waals surface area contributed by atoms with Gasteiger partial charge in [0, 0.05) is 18.8 Å². The van der Waals surface area contributed by atoms with Gasteiger partial charge in [0.2, 0.25) is 0 Å². The average Bonchev–Trinajstić information content (AvgIpc) is 2.51. The first kappa shape index (κ1) is 10.5. The van der Waals surface area contributed by atoms with E-state index < -0.39 is 5.97 Å². The van der Waals surface area contributed by atoms with Gasteiger partial charge in [-0.15, -0.1) is 0 Å². The molecule has 3 heteroatoms. The Morgan fingerprint density at radius 2 is 2.25 bits per heavy atom. The monoisotopic (exact) mass is 215 g/mol. The zero-order valence-electron chi connectivity index (χ0n) is 8.81. The Morgan fingerprint density at radius 1 is 1.38 bits per heavy atom. The van der Waals surface area contributed by atoms with Gasteiger partial charge in [-0.05, 0) is 28.5 Å². The van der Waals surface area contributed by atoms with Crippen LogP contribution in [0.5, 0.6) is 0 Å². The van der Waals surface area contributed by atoms with Crippen molar-refractivity contribution >= 4 is 18.2 Å². The lowest BCUT2D eigenvalue weighted by Crippen LogP contribution is -2.29. The largest absolute Gasteiger partial charge is 0.481 e. The summed E-state index contributed by atoms with van der Waals surface area (Å²) in [5, 5.41) is 13.9. The van der Waals surface area contributed by atoms with Gasteiger partial charge in [0.15, 0.2) is 0 Å². The van der Waals surface area contributed by atoms with Gasteiger partial charge in [0.05, 0.1) is 0 Å². The van der Waals surface area contributed by atoms with Crippen molar-refractivity contribution in [2.24, 2.45) is 0 Å². The number of nitrogens with one attached hydrogen (secondary N) is 1. The minimum Gasteiger partial charge on any atom is -0.481 e. The molecule has 1 aliphatic rings. The Kier molecular flexibility index (Phi) is 3.05. The fourth-order valence-electron chi connectivity index (χ4n) is 1.76. The van der Waals surface area contributed by atoms with E-state index in [1.54, 1.807) is 0 Å². The van der Waals surface area contributed by atoms with Crippen LogP contribution in [0.1, 0.15) is 12.0 Å². The molecule has 2 rings (SSSR count). The third-order valence-corrected chi connectivity index (χ3v) is 2.53. The average molecular weight is 215 g/mol. The molecule has 0 saturated heterocycles. The number of carbonyl (C=O) groups is 1. The molecule has 0 saturated carbocycles. The minimum atomic E-state index is -0.760. The summed E-state index contributed by atoms with van der Waals surface area (Å²) in [5.74, 6) is -0.760. The van der Waals surface area contributed by atoms with Crippen molar-refractivity contribution in [3.8, 4) is 0 Å². The van der Waals surface area contributed by atoms with Crippen LogP contribution in [-0.2, 0) is 11.2 Å². The summed E-state index contributed by atoms with van der Waals surface area (Å²) in [6.07, 6.45) is 8.42. The molecule has 0 fully saturated rings. The number of carboxylic acids is 1. The normalized spacial score (nSPS) is 12.8. The van der Waals surface area contributed by atoms with Crippen molar-refractivity contribution in [3.63, 3.8) is 0 Å². The van der Waals surface area contributed by atoms with Gasteiger partial charge >= 0.3 is 5.97 Å². The molecule has 1 aromatic rings. The molecule has 0 bridgehead atoms.